The molecule has 0 radical (unpaired) electrons. The lowest BCUT2D eigenvalue weighted by Crippen LogP contribution is -2.06. The molecule has 1 N–H and O–H groups in total. The number of para-hydroxylation sites is 1. The van der Waals surface area contributed by atoms with Gasteiger partial charge in [0.1, 0.15) is 0 Å². The van der Waals surface area contributed by atoms with E-state index in [4.69, 9.17) is 23.2 Å². The molecule has 6 heteroatoms. The van der Waals surface area contributed by atoms with Gasteiger partial charge in [0.25, 0.3) is 0 Å². The minimum absolute atomic E-state index is 0.605. The molecule has 2 aromatic rings. The van der Waals surface area contributed by atoms with Crippen LogP contribution in [0.3, 0.4) is 0 Å². The van der Waals surface area contributed by atoms with E-state index in [9.17, 15) is 0 Å². The Kier molecular flexibility index (Phi) is 4.76. The first-order chi connectivity index (χ1) is 9.04. The predicted octanol–water partition coefficient (Wildman–Crippen LogP) is 4.66. The summed E-state index contributed by atoms with van der Waals surface area (Å²) in [4.78, 5) is 0. The van der Waals surface area contributed by atoms with E-state index in [1.54, 1.807) is 0 Å². The van der Waals surface area contributed by atoms with Crippen molar-refractivity contribution in [3.05, 3.63) is 44.1 Å². The summed E-state index contributed by atoms with van der Waals surface area (Å²) in [6, 6.07) is 5.45. The molecule has 0 aliphatic carbocycles. The molecule has 1 aromatic heterocycles. The van der Waals surface area contributed by atoms with Crippen LogP contribution in [-0.2, 0) is 20.0 Å². The molecule has 0 saturated carbocycles. The van der Waals surface area contributed by atoms with Crippen molar-refractivity contribution < 1.29 is 0 Å². The van der Waals surface area contributed by atoms with Gasteiger partial charge in [-0.25, -0.2) is 0 Å². The standard InChI is InChI=1S/C13H14BrCl2N3/c1-3-10-12(14)11(19(2)18-10)7-17-13-8(15)5-4-6-9(13)16/h4-6,17H,3,7H2,1-2H3. The molecule has 0 aliphatic rings. The number of benzene rings is 1. The van der Waals surface area contributed by atoms with E-state index < -0.39 is 0 Å². The maximum Gasteiger partial charge on any atom is 0.0767 e. The fraction of sp³-hybridized carbons (Fsp3) is 0.308. The van der Waals surface area contributed by atoms with E-state index in [1.165, 1.54) is 0 Å². The number of anilines is 1. The Balaban J connectivity index is 2.22. The zero-order valence-corrected chi connectivity index (χ0v) is 13.8. The summed E-state index contributed by atoms with van der Waals surface area (Å²) >= 11 is 15.8. The molecule has 0 bridgehead atoms. The summed E-state index contributed by atoms with van der Waals surface area (Å²) in [5.74, 6) is 0. The summed E-state index contributed by atoms with van der Waals surface area (Å²) in [6.45, 7) is 2.68. The fourth-order valence-corrected chi connectivity index (χ4v) is 3.14. The number of nitrogens with zero attached hydrogens (tertiary/aromatic N) is 2. The summed E-state index contributed by atoms with van der Waals surface area (Å²) < 4.78 is 2.90. The molecule has 0 fully saturated rings. The lowest BCUT2D eigenvalue weighted by molar-refractivity contribution is 0.706. The second-order valence-electron chi connectivity index (χ2n) is 4.13. The van der Waals surface area contributed by atoms with Crippen LogP contribution in [0.1, 0.15) is 18.3 Å². The Bertz CT molecular complexity index is 576. The fourth-order valence-electron chi connectivity index (χ4n) is 1.85. The van der Waals surface area contributed by atoms with E-state index in [1.807, 2.05) is 29.9 Å². The normalized spacial score (nSPS) is 10.8. The van der Waals surface area contributed by atoms with Crippen LogP contribution in [0.25, 0.3) is 0 Å². The van der Waals surface area contributed by atoms with Gasteiger partial charge in [-0.15, -0.1) is 0 Å². The van der Waals surface area contributed by atoms with Gasteiger partial charge in [0.15, 0.2) is 0 Å². The van der Waals surface area contributed by atoms with Gasteiger partial charge >= 0.3 is 0 Å². The summed E-state index contributed by atoms with van der Waals surface area (Å²) in [5.41, 5.74) is 2.86. The third-order valence-electron chi connectivity index (χ3n) is 2.90. The van der Waals surface area contributed by atoms with E-state index in [2.05, 4.69) is 33.3 Å². The van der Waals surface area contributed by atoms with Gasteiger partial charge in [0.2, 0.25) is 0 Å². The average Bonchev–Trinajstić information content (AvgIpc) is 2.65. The van der Waals surface area contributed by atoms with Gasteiger partial charge in [-0.1, -0.05) is 36.2 Å². The largest absolute Gasteiger partial charge is 0.377 e. The molecule has 0 unspecified atom stereocenters. The van der Waals surface area contributed by atoms with Crippen molar-refractivity contribution in [2.45, 2.75) is 19.9 Å². The molecule has 1 aromatic carbocycles. The molecule has 102 valence electrons. The third-order valence-corrected chi connectivity index (χ3v) is 4.44. The Morgan fingerprint density at radius 3 is 2.47 bits per heavy atom. The maximum atomic E-state index is 6.13. The first-order valence-electron chi connectivity index (χ1n) is 5.92. The van der Waals surface area contributed by atoms with Crippen molar-refractivity contribution in [3.8, 4) is 0 Å². The van der Waals surface area contributed by atoms with Crippen LogP contribution in [-0.4, -0.2) is 9.78 Å². The number of hydrogen-bond acceptors (Lipinski definition) is 2. The molecule has 0 aliphatic heterocycles. The van der Waals surface area contributed by atoms with Crippen molar-refractivity contribution in [3.63, 3.8) is 0 Å². The molecule has 1 heterocycles. The van der Waals surface area contributed by atoms with Crippen molar-refractivity contribution in [2.75, 3.05) is 5.32 Å². The molecular weight excluding hydrogens is 349 g/mol. The summed E-state index contributed by atoms with van der Waals surface area (Å²) in [7, 11) is 1.93. The van der Waals surface area contributed by atoms with Gasteiger partial charge in [-0.2, -0.15) is 5.10 Å². The lowest BCUT2D eigenvalue weighted by Gasteiger charge is -2.10. The Morgan fingerprint density at radius 1 is 1.32 bits per heavy atom. The minimum Gasteiger partial charge on any atom is -0.377 e. The van der Waals surface area contributed by atoms with Crippen LogP contribution in [0.5, 0.6) is 0 Å². The molecule has 0 saturated heterocycles. The highest BCUT2D eigenvalue weighted by Gasteiger charge is 2.13. The lowest BCUT2D eigenvalue weighted by atomic mass is 10.3. The van der Waals surface area contributed by atoms with Gasteiger partial charge < -0.3 is 5.32 Å². The first kappa shape index (κ1) is 14.7. The second kappa shape index (κ2) is 6.16. The quantitative estimate of drug-likeness (QED) is 0.856. The van der Waals surface area contributed by atoms with E-state index in [0.717, 1.165) is 28.0 Å². The summed E-state index contributed by atoms with van der Waals surface area (Å²) in [5, 5.41) is 8.94. The van der Waals surface area contributed by atoms with Crippen molar-refractivity contribution in [1.82, 2.24) is 9.78 Å². The highest BCUT2D eigenvalue weighted by Crippen LogP contribution is 2.31. The van der Waals surface area contributed by atoms with Crippen LogP contribution in [0.15, 0.2) is 22.7 Å². The van der Waals surface area contributed by atoms with Crippen LogP contribution in [0, 0.1) is 0 Å². The summed E-state index contributed by atoms with van der Waals surface area (Å²) in [6.07, 6.45) is 0.890. The third kappa shape index (κ3) is 3.07. The number of halogens is 3. The molecule has 3 nitrogen and oxygen atoms in total. The highest BCUT2D eigenvalue weighted by molar-refractivity contribution is 9.10. The number of hydrogen-bond donors (Lipinski definition) is 1. The van der Waals surface area contributed by atoms with Crippen molar-refractivity contribution >= 4 is 44.8 Å². The van der Waals surface area contributed by atoms with Crippen LogP contribution < -0.4 is 5.32 Å². The smallest absolute Gasteiger partial charge is 0.0767 e. The number of nitrogens with one attached hydrogen (secondary N) is 1. The van der Waals surface area contributed by atoms with Crippen molar-refractivity contribution in [2.24, 2.45) is 7.05 Å². The SMILES string of the molecule is CCc1nn(C)c(CNc2c(Cl)cccc2Cl)c1Br. The topological polar surface area (TPSA) is 29.9 Å². The Hall–Kier alpha value is -0.710. The molecule has 19 heavy (non-hydrogen) atoms. The number of aromatic nitrogens is 2. The van der Waals surface area contributed by atoms with Crippen LogP contribution >= 0.6 is 39.1 Å². The van der Waals surface area contributed by atoms with Gasteiger partial charge in [-0.05, 0) is 34.5 Å². The van der Waals surface area contributed by atoms with Crippen LogP contribution in [0.2, 0.25) is 10.0 Å². The van der Waals surface area contributed by atoms with Gasteiger partial charge in [0, 0.05) is 7.05 Å². The Morgan fingerprint density at radius 2 is 1.95 bits per heavy atom. The van der Waals surface area contributed by atoms with Crippen molar-refractivity contribution in [1.29, 1.82) is 0 Å². The number of rotatable bonds is 4. The zero-order valence-electron chi connectivity index (χ0n) is 10.7. The second-order valence-corrected chi connectivity index (χ2v) is 5.74. The highest BCUT2D eigenvalue weighted by atomic mass is 79.9. The molecule has 0 spiro atoms. The van der Waals surface area contributed by atoms with E-state index >= 15 is 0 Å². The maximum absolute atomic E-state index is 6.13. The molecule has 0 atom stereocenters. The van der Waals surface area contributed by atoms with Gasteiger partial charge in [0.05, 0.1) is 38.1 Å². The van der Waals surface area contributed by atoms with E-state index in [0.29, 0.717) is 16.6 Å². The Labute approximate surface area is 131 Å². The average molecular weight is 363 g/mol. The first-order valence-corrected chi connectivity index (χ1v) is 7.47. The molecule has 0 amide bonds. The molecule has 2 rings (SSSR count). The predicted molar refractivity (Wildman–Crippen MR) is 84.1 cm³/mol. The molecular formula is C13H14BrCl2N3. The zero-order chi connectivity index (χ0) is 14.0. The minimum atomic E-state index is 0.605. The van der Waals surface area contributed by atoms with Gasteiger partial charge in [-0.3, -0.25) is 4.68 Å². The van der Waals surface area contributed by atoms with Crippen LogP contribution in [0.4, 0.5) is 5.69 Å². The number of aryl methyl sites for hydroxylation is 2. The van der Waals surface area contributed by atoms with E-state index in [-0.39, 0.29) is 0 Å². The monoisotopic (exact) mass is 361 g/mol.